The van der Waals surface area contributed by atoms with Crippen LogP contribution >= 0.6 is 0 Å². The molecule has 0 saturated carbocycles. The average Bonchev–Trinajstić information content (AvgIpc) is 1.84. The molecule has 0 N–H and O–H groups in total. The quantitative estimate of drug-likeness (QED) is 0.550. The van der Waals surface area contributed by atoms with E-state index in [1.807, 2.05) is 20.8 Å². The van der Waals surface area contributed by atoms with Crippen molar-refractivity contribution >= 4 is 5.78 Å². The van der Waals surface area contributed by atoms with Crippen LogP contribution in [0, 0.1) is 11.8 Å². The lowest BCUT2D eigenvalue weighted by atomic mass is 9.88. The van der Waals surface area contributed by atoms with Crippen LogP contribution in [0.15, 0.2) is 12.2 Å². The van der Waals surface area contributed by atoms with Gasteiger partial charge in [0.2, 0.25) is 0 Å². The first-order chi connectivity index (χ1) is 4.46. The summed E-state index contributed by atoms with van der Waals surface area (Å²) in [5.41, 5.74) is 1.09. The van der Waals surface area contributed by atoms with Gasteiger partial charge in [-0.2, -0.15) is 0 Å². The van der Waals surface area contributed by atoms with E-state index in [4.69, 9.17) is 0 Å². The molecule has 0 bridgehead atoms. The lowest BCUT2D eigenvalue weighted by molar-refractivity contribution is -0.121. The minimum absolute atomic E-state index is 0.123. The second-order valence-electron chi connectivity index (χ2n) is 3.03. The number of Topliss-reactive ketones (excluding diaryl/α,β-unsaturated/α-hetero) is 1. The molecule has 2 unspecified atom stereocenters. The summed E-state index contributed by atoms with van der Waals surface area (Å²) >= 11 is 0. The van der Waals surface area contributed by atoms with Gasteiger partial charge < -0.3 is 0 Å². The van der Waals surface area contributed by atoms with Crippen molar-refractivity contribution in [2.45, 2.75) is 27.7 Å². The fourth-order valence-electron chi connectivity index (χ4n) is 0.779. The van der Waals surface area contributed by atoms with Crippen LogP contribution in [0.5, 0.6) is 0 Å². The Morgan fingerprint density at radius 2 is 1.60 bits per heavy atom. The molecule has 0 saturated heterocycles. The number of ketones is 1. The van der Waals surface area contributed by atoms with Crippen LogP contribution in [-0.4, -0.2) is 5.78 Å². The minimum Gasteiger partial charge on any atom is -0.300 e. The molecule has 58 valence electrons. The van der Waals surface area contributed by atoms with Crippen LogP contribution in [0.25, 0.3) is 0 Å². The summed E-state index contributed by atoms with van der Waals surface area (Å²) < 4.78 is 0. The van der Waals surface area contributed by atoms with E-state index in [1.54, 1.807) is 6.92 Å². The molecule has 1 nitrogen and oxygen atoms in total. The number of carbonyl (C=O) groups is 1. The normalized spacial score (nSPS) is 16.0. The number of hydrogen-bond acceptors (Lipinski definition) is 1. The molecule has 10 heavy (non-hydrogen) atoms. The topological polar surface area (TPSA) is 17.1 Å². The SMILES string of the molecule is C=C(C)C(C)C(C)C(C)=O. The van der Waals surface area contributed by atoms with Gasteiger partial charge in [-0.1, -0.05) is 26.0 Å². The van der Waals surface area contributed by atoms with E-state index in [1.165, 1.54) is 0 Å². The second kappa shape index (κ2) is 3.55. The first-order valence-electron chi connectivity index (χ1n) is 3.62. The molecule has 0 radical (unpaired) electrons. The fourth-order valence-corrected chi connectivity index (χ4v) is 0.779. The molecule has 0 spiro atoms. The monoisotopic (exact) mass is 140 g/mol. The van der Waals surface area contributed by atoms with Gasteiger partial charge in [-0.15, -0.1) is 0 Å². The second-order valence-corrected chi connectivity index (χ2v) is 3.03. The van der Waals surface area contributed by atoms with Crippen molar-refractivity contribution < 1.29 is 4.79 Å². The van der Waals surface area contributed by atoms with Crippen molar-refractivity contribution in [3.63, 3.8) is 0 Å². The molecule has 0 rings (SSSR count). The van der Waals surface area contributed by atoms with Gasteiger partial charge in [-0.25, -0.2) is 0 Å². The van der Waals surface area contributed by atoms with E-state index >= 15 is 0 Å². The zero-order valence-electron chi connectivity index (χ0n) is 7.27. The van der Waals surface area contributed by atoms with Gasteiger partial charge >= 0.3 is 0 Å². The number of rotatable bonds is 3. The summed E-state index contributed by atoms with van der Waals surface area (Å²) in [6.07, 6.45) is 0. The van der Waals surface area contributed by atoms with Gasteiger partial charge in [-0.3, -0.25) is 4.79 Å². The average molecular weight is 140 g/mol. The predicted octanol–water partition coefficient (Wildman–Crippen LogP) is 2.42. The molecule has 0 heterocycles. The van der Waals surface area contributed by atoms with E-state index < -0.39 is 0 Å². The Balaban J connectivity index is 4.07. The molecule has 0 aromatic carbocycles. The Morgan fingerprint density at radius 1 is 1.20 bits per heavy atom. The van der Waals surface area contributed by atoms with Crippen LogP contribution in [0.2, 0.25) is 0 Å². The van der Waals surface area contributed by atoms with Gasteiger partial charge in [0.05, 0.1) is 0 Å². The summed E-state index contributed by atoms with van der Waals surface area (Å²) in [7, 11) is 0. The summed E-state index contributed by atoms with van der Waals surface area (Å²) in [5, 5.41) is 0. The molecular weight excluding hydrogens is 124 g/mol. The molecule has 0 aliphatic carbocycles. The molecule has 2 atom stereocenters. The third kappa shape index (κ3) is 2.34. The van der Waals surface area contributed by atoms with E-state index in [2.05, 4.69) is 6.58 Å². The highest BCUT2D eigenvalue weighted by molar-refractivity contribution is 5.78. The smallest absolute Gasteiger partial charge is 0.133 e. The van der Waals surface area contributed by atoms with E-state index in [-0.39, 0.29) is 11.7 Å². The van der Waals surface area contributed by atoms with Crippen molar-refractivity contribution in [2.75, 3.05) is 0 Å². The summed E-state index contributed by atoms with van der Waals surface area (Å²) in [6, 6.07) is 0. The van der Waals surface area contributed by atoms with Crippen LogP contribution in [0.1, 0.15) is 27.7 Å². The van der Waals surface area contributed by atoms with Crippen molar-refractivity contribution in [1.29, 1.82) is 0 Å². The zero-order chi connectivity index (χ0) is 8.31. The maximum atomic E-state index is 10.8. The van der Waals surface area contributed by atoms with Crippen molar-refractivity contribution in [3.05, 3.63) is 12.2 Å². The third-order valence-corrected chi connectivity index (χ3v) is 2.17. The Kier molecular flexibility index (Phi) is 3.34. The van der Waals surface area contributed by atoms with Crippen molar-refractivity contribution in [3.8, 4) is 0 Å². The molecule has 0 aromatic rings. The number of hydrogen-bond donors (Lipinski definition) is 0. The minimum atomic E-state index is 0.123. The summed E-state index contributed by atoms with van der Waals surface area (Å²) in [6.45, 7) is 11.4. The molecule has 0 amide bonds. The van der Waals surface area contributed by atoms with Crippen LogP contribution in [-0.2, 0) is 4.79 Å². The Bertz CT molecular complexity index is 129. The molecule has 0 fully saturated rings. The van der Waals surface area contributed by atoms with Gasteiger partial charge in [-0.05, 0) is 19.8 Å². The van der Waals surface area contributed by atoms with Crippen molar-refractivity contribution in [2.24, 2.45) is 11.8 Å². The van der Waals surface area contributed by atoms with Crippen LogP contribution in [0.3, 0.4) is 0 Å². The van der Waals surface area contributed by atoms with Crippen molar-refractivity contribution in [1.82, 2.24) is 0 Å². The van der Waals surface area contributed by atoms with Crippen LogP contribution < -0.4 is 0 Å². The lowest BCUT2D eigenvalue weighted by Crippen LogP contribution is -2.16. The van der Waals surface area contributed by atoms with Crippen LogP contribution in [0.4, 0.5) is 0 Å². The fraction of sp³-hybridized carbons (Fsp3) is 0.667. The zero-order valence-corrected chi connectivity index (χ0v) is 7.27. The molecule has 0 aliphatic heterocycles. The maximum absolute atomic E-state index is 10.8. The Hall–Kier alpha value is -0.590. The van der Waals surface area contributed by atoms with E-state index in [9.17, 15) is 4.79 Å². The summed E-state index contributed by atoms with van der Waals surface area (Å²) in [5.74, 6) is 0.686. The van der Waals surface area contributed by atoms with E-state index in [0.717, 1.165) is 5.57 Å². The predicted molar refractivity (Wildman–Crippen MR) is 43.8 cm³/mol. The van der Waals surface area contributed by atoms with Gasteiger partial charge in [0.1, 0.15) is 5.78 Å². The molecule has 0 aliphatic rings. The Morgan fingerprint density at radius 3 is 1.70 bits per heavy atom. The highest BCUT2D eigenvalue weighted by Crippen LogP contribution is 2.18. The molecule has 0 aromatic heterocycles. The number of allylic oxidation sites excluding steroid dienone is 1. The third-order valence-electron chi connectivity index (χ3n) is 2.17. The van der Waals surface area contributed by atoms with Gasteiger partial charge in [0.15, 0.2) is 0 Å². The standard InChI is InChI=1S/C9H16O/c1-6(2)7(3)8(4)9(5)10/h7-8H,1H2,2-5H3. The highest BCUT2D eigenvalue weighted by atomic mass is 16.1. The first-order valence-corrected chi connectivity index (χ1v) is 3.62. The largest absolute Gasteiger partial charge is 0.300 e. The molecular formula is C9H16O. The van der Waals surface area contributed by atoms with E-state index in [0.29, 0.717) is 5.92 Å². The van der Waals surface area contributed by atoms with Gasteiger partial charge in [0.25, 0.3) is 0 Å². The summed E-state index contributed by atoms with van der Waals surface area (Å²) in [4.78, 5) is 10.8. The highest BCUT2D eigenvalue weighted by Gasteiger charge is 2.16. The maximum Gasteiger partial charge on any atom is 0.133 e. The first kappa shape index (κ1) is 9.41. The Labute approximate surface area is 63.1 Å². The number of carbonyl (C=O) groups excluding carboxylic acids is 1. The van der Waals surface area contributed by atoms with Gasteiger partial charge in [0, 0.05) is 5.92 Å². The molecule has 1 heteroatoms. The lowest BCUT2D eigenvalue weighted by Gasteiger charge is -2.16.